The molecule has 2 aromatic heterocycles. The number of hydrogen-bond donors (Lipinski definition) is 0. The van der Waals surface area contributed by atoms with E-state index < -0.39 is 0 Å². The highest BCUT2D eigenvalue weighted by Crippen LogP contribution is 2.40. The first-order chi connectivity index (χ1) is 26.2. The zero-order valence-electron chi connectivity index (χ0n) is 29.3. The lowest BCUT2D eigenvalue weighted by Crippen LogP contribution is -2.37. The molecule has 0 N–H and O–H groups in total. The molecule has 254 valence electrons. The summed E-state index contributed by atoms with van der Waals surface area (Å²) < 4.78 is 12.5. The molecule has 0 fully saturated rings. The van der Waals surface area contributed by atoms with E-state index in [0.29, 0.717) is 0 Å². The van der Waals surface area contributed by atoms with Gasteiger partial charge in [0.1, 0.15) is 40.2 Å². The Kier molecular flexibility index (Phi) is 6.72. The second-order valence-corrected chi connectivity index (χ2v) is 14.4. The highest BCUT2D eigenvalue weighted by Gasteiger charge is 2.31. The molecule has 2 atom stereocenters. The Morgan fingerprint density at radius 3 is 2.11 bits per heavy atom. The predicted molar refractivity (Wildman–Crippen MR) is 218 cm³/mol. The molecule has 5 nitrogen and oxygen atoms in total. The topological polar surface area (TPSA) is 54.2 Å². The third-order valence-electron chi connectivity index (χ3n) is 11.3. The molecule has 1 aliphatic heterocycles. The first-order valence-corrected chi connectivity index (χ1v) is 18.5. The van der Waals surface area contributed by atoms with Gasteiger partial charge in [-0.25, -0.2) is 9.98 Å². The van der Waals surface area contributed by atoms with Gasteiger partial charge in [0, 0.05) is 40.1 Å². The molecule has 0 radical (unpaired) electrons. The molecule has 0 spiro atoms. The molecule has 11 rings (SSSR count). The first kappa shape index (κ1) is 30.2. The molecule has 0 saturated heterocycles. The second-order valence-electron chi connectivity index (χ2n) is 14.4. The summed E-state index contributed by atoms with van der Waals surface area (Å²) in [5, 5.41) is 6.82. The summed E-state index contributed by atoms with van der Waals surface area (Å²) in [6, 6.07) is 42.7. The SMILES string of the molecule is CN1C(c2cccc3oc4ccccc4c23)=NC(C2C=CC3=C(C=CCC3)C2)=NC1c1ccc2cc(-c3cccc4oc5ccccc5c34)ccc2c1. The number of fused-ring (bicyclic) bond motifs is 7. The normalized spacial score (nSPS) is 18.8. The third-order valence-corrected chi connectivity index (χ3v) is 11.3. The molecule has 8 aromatic rings. The number of furan rings is 2. The molecule has 2 unspecified atom stereocenters. The van der Waals surface area contributed by atoms with Crippen LogP contribution in [0.25, 0.3) is 65.8 Å². The van der Waals surface area contributed by atoms with Crippen LogP contribution in [0.5, 0.6) is 0 Å². The molecule has 2 aliphatic carbocycles. The maximum absolute atomic E-state index is 6.33. The van der Waals surface area contributed by atoms with E-state index in [1.54, 1.807) is 0 Å². The number of hydrogen-bond acceptors (Lipinski definition) is 5. The van der Waals surface area contributed by atoms with Crippen molar-refractivity contribution in [1.82, 2.24) is 4.90 Å². The van der Waals surface area contributed by atoms with Gasteiger partial charge in [-0.15, -0.1) is 0 Å². The Balaban J connectivity index is 1.02. The highest BCUT2D eigenvalue weighted by atomic mass is 16.3. The van der Waals surface area contributed by atoms with E-state index >= 15 is 0 Å². The van der Waals surface area contributed by atoms with Gasteiger partial charge >= 0.3 is 0 Å². The van der Waals surface area contributed by atoms with Crippen LogP contribution in [0.3, 0.4) is 0 Å². The lowest BCUT2D eigenvalue weighted by atomic mass is 9.84. The van der Waals surface area contributed by atoms with Crippen LogP contribution in [0.2, 0.25) is 0 Å². The van der Waals surface area contributed by atoms with Crippen LogP contribution in [-0.4, -0.2) is 23.6 Å². The van der Waals surface area contributed by atoms with Gasteiger partial charge in [0.05, 0.1) is 0 Å². The van der Waals surface area contributed by atoms with Crippen LogP contribution >= 0.6 is 0 Å². The Hall–Kier alpha value is -6.46. The average Bonchev–Trinajstić information content (AvgIpc) is 3.79. The molecule has 5 heteroatoms. The second kappa shape index (κ2) is 11.8. The van der Waals surface area contributed by atoms with Gasteiger partial charge in [-0.05, 0) is 94.3 Å². The van der Waals surface area contributed by atoms with Crippen LogP contribution < -0.4 is 0 Å². The number of para-hydroxylation sites is 2. The van der Waals surface area contributed by atoms with Crippen LogP contribution in [0, 0.1) is 5.92 Å². The van der Waals surface area contributed by atoms with Crippen molar-refractivity contribution in [2.24, 2.45) is 15.9 Å². The molecule has 0 amide bonds. The van der Waals surface area contributed by atoms with Crippen molar-refractivity contribution >= 4 is 66.3 Å². The molecule has 53 heavy (non-hydrogen) atoms. The first-order valence-electron chi connectivity index (χ1n) is 18.5. The van der Waals surface area contributed by atoms with Crippen LogP contribution in [-0.2, 0) is 0 Å². The molecular weight excluding hydrogens is 651 g/mol. The Morgan fingerprint density at radius 2 is 1.32 bits per heavy atom. The fraction of sp³-hybridized carbons (Fsp3) is 0.125. The van der Waals surface area contributed by atoms with E-state index in [1.807, 2.05) is 24.3 Å². The van der Waals surface area contributed by atoms with Gasteiger partial charge in [-0.1, -0.05) is 109 Å². The van der Waals surface area contributed by atoms with Crippen molar-refractivity contribution in [2.75, 3.05) is 7.05 Å². The minimum atomic E-state index is -0.258. The van der Waals surface area contributed by atoms with Gasteiger partial charge in [0.25, 0.3) is 0 Å². The van der Waals surface area contributed by atoms with E-state index in [1.165, 1.54) is 33.0 Å². The molecule has 3 aliphatic rings. The summed E-state index contributed by atoms with van der Waals surface area (Å²) in [6.45, 7) is 0. The molecule has 6 aromatic carbocycles. The Labute approximate surface area is 306 Å². The van der Waals surface area contributed by atoms with E-state index in [0.717, 1.165) is 85.9 Å². The van der Waals surface area contributed by atoms with Gasteiger partial charge < -0.3 is 13.7 Å². The van der Waals surface area contributed by atoms with Crippen molar-refractivity contribution in [2.45, 2.75) is 25.4 Å². The number of amidine groups is 2. The van der Waals surface area contributed by atoms with Crippen LogP contribution in [0.15, 0.2) is 176 Å². The largest absolute Gasteiger partial charge is 0.456 e. The van der Waals surface area contributed by atoms with Crippen molar-refractivity contribution in [3.05, 3.63) is 168 Å². The standard InChI is InChI=1S/C48H35N3O2/c1-51-47(35-25-22-31-26-33(23-21-32(31)28-35)36-14-8-18-42-44(36)37-12-4-6-16-40(37)52-42)49-46(34-24-20-29-10-2-3-11-30(29)27-34)50-48(51)39-15-9-19-43-45(39)38-13-5-7-17-41(38)53-43/h3-9,11-26,28,34,47H,2,10,27H2,1H3. The summed E-state index contributed by atoms with van der Waals surface area (Å²) in [4.78, 5) is 13.1. The summed E-state index contributed by atoms with van der Waals surface area (Å²) in [5.41, 5.74) is 10.9. The number of allylic oxidation sites excluding steroid dienone is 5. The zero-order chi connectivity index (χ0) is 35.0. The minimum Gasteiger partial charge on any atom is -0.456 e. The smallest absolute Gasteiger partial charge is 0.150 e. The van der Waals surface area contributed by atoms with Gasteiger partial charge in [-0.2, -0.15) is 0 Å². The highest BCUT2D eigenvalue weighted by molar-refractivity contribution is 6.20. The van der Waals surface area contributed by atoms with Crippen molar-refractivity contribution in [3.63, 3.8) is 0 Å². The van der Waals surface area contributed by atoms with Crippen molar-refractivity contribution in [1.29, 1.82) is 0 Å². The fourth-order valence-corrected chi connectivity index (χ4v) is 8.68. The third kappa shape index (κ3) is 4.84. The number of benzene rings is 6. The van der Waals surface area contributed by atoms with Gasteiger partial charge in [0.2, 0.25) is 0 Å². The van der Waals surface area contributed by atoms with Crippen molar-refractivity contribution in [3.8, 4) is 11.1 Å². The lowest BCUT2D eigenvalue weighted by Gasteiger charge is -2.34. The molecule has 0 bridgehead atoms. The Bertz CT molecular complexity index is 2970. The summed E-state index contributed by atoms with van der Waals surface area (Å²) >= 11 is 0. The maximum atomic E-state index is 6.33. The maximum Gasteiger partial charge on any atom is 0.150 e. The summed E-state index contributed by atoms with van der Waals surface area (Å²) in [6.07, 6.45) is 12.1. The summed E-state index contributed by atoms with van der Waals surface area (Å²) in [5.74, 6) is 1.86. The Morgan fingerprint density at radius 1 is 0.642 bits per heavy atom. The fourth-order valence-electron chi connectivity index (χ4n) is 8.68. The molecular formula is C48H35N3O2. The van der Waals surface area contributed by atoms with Crippen LogP contribution in [0.1, 0.15) is 36.6 Å². The van der Waals surface area contributed by atoms with E-state index in [2.05, 4.69) is 133 Å². The monoisotopic (exact) mass is 685 g/mol. The zero-order valence-corrected chi connectivity index (χ0v) is 29.3. The van der Waals surface area contributed by atoms with E-state index in [9.17, 15) is 0 Å². The summed E-state index contributed by atoms with van der Waals surface area (Å²) in [7, 11) is 2.12. The van der Waals surface area contributed by atoms with Gasteiger partial charge in [0.15, 0.2) is 0 Å². The van der Waals surface area contributed by atoms with E-state index in [-0.39, 0.29) is 12.1 Å². The number of aliphatic imine (C=N–C) groups is 2. The molecule has 3 heterocycles. The lowest BCUT2D eigenvalue weighted by molar-refractivity contribution is 0.380. The van der Waals surface area contributed by atoms with Crippen LogP contribution in [0.4, 0.5) is 0 Å². The minimum absolute atomic E-state index is 0.0905. The quantitative estimate of drug-likeness (QED) is 0.185. The van der Waals surface area contributed by atoms with E-state index in [4.69, 9.17) is 18.8 Å². The average molecular weight is 686 g/mol. The predicted octanol–water partition coefficient (Wildman–Crippen LogP) is 12.3. The van der Waals surface area contributed by atoms with Crippen molar-refractivity contribution < 1.29 is 8.83 Å². The number of rotatable bonds is 4. The van der Waals surface area contributed by atoms with Gasteiger partial charge in [-0.3, -0.25) is 0 Å². The molecule has 0 saturated carbocycles. The number of nitrogens with zero attached hydrogens (tertiary/aromatic N) is 3.